The molecule has 0 spiro atoms. The van der Waals surface area contributed by atoms with Crippen LogP contribution in [0.25, 0.3) is 11.1 Å². The van der Waals surface area contributed by atoms with Gasteiger partial charge in [0.1, 0.15) is 0 Å². The lowest BCUT2D eigenvalue weighted by Crippen LogP contribution is -2.62. The van der Waals surface area contributed by atoms with Crippen LogP contribution in [-0.4, -0.2) is 12.3 Å². The van der Waals surface area contributed by atoms with Gasteiger partial charge in [-0.05, 0) is 282 Å². The Bertz CT molecular complexity index is 4920. The fraction of sp³-hybridized carbons (Fsp3) is 0.449. The topological polar surface area (TPSA) is 13.0 Å². The zero-order valence-electron chi connectivity index (χ0n) is 66.5. The zero-order valence-corrected chi connectivity index (χ0v) is 66.5. The largest absolute Gasteiger partial charge is 0.334 e. The summed E-state index contributed by atoms with van der Waals surface area (Å²) in [4.78, 5) is 11.2. The average Bonchev–Trinajstić information content (AvgIpc) is 1.67. The molecule has 0 aromatic heterocycles. The van der Waals surface area contributed by atoms with E-state index < -0.39 is 0 Å². The van der Waals surface area contributed by atoms with E-state index in [2.05, 4.69) is 335 Å². The molecule has 0 bridgehead atoms. The molecule has 9 aromatic carbocycles. The molecule has 3 aliphatic heterocycles. The third kappa shape index (κ3) is 10.2. The Morgan fingerprint density at radius 3 is 1.34 bits per heavy atom. The maximum atomic E-state index is 2.88. The number of anilines is 11. The van der Waals surface area contributed by atoms with Crippen molar-refractivity contribution in [3.63, 3.8) is 0 Å². The van der Waals surface area contributed by atoms with Gasteiger partial charge in [0.2, 0.25) is 0 Å². The van der Waals surface area contributed by atoms with Crippen LogP contribution in [0.15, 0.2) is 170 Å². The Kier molecular flexibility index (Phi) is 14.9. The predicted molar refractivity (Wildman–Crippen MR) is 443 cm³/mol. The summed E-state index contributed by atoms with van der Waals surface area (Å²) >= 11 is 0. The van der Waals surface area contributed by atoms with Crippen molar-refractivity contribution in [3.8, 4) is 11.1 Å². The number of hydrogen-bond acceptors (Lipinski definition) is 4. The van der Waals surface area contributed by atoms with Crippen molar-refractivity contribution in [1.82, 2.24) is 0 Å². The van der Waals surface area contributed by atoms with Gasteiger partial charge in [0.15, 0.2) is 0 Å². The van der Waals surface area contributed by atoms with Gasteiger partial charge in [0.25, 0.3) is 6.71 Å². The molecule has 0 amide bonds. The van der Waals surface area contributed by atoms with Crippen LogP contribution in [0.2, 0.25) is 0 Å². The highest BCUT2D eigenvalue weighted by atomic mass is 15.3. The van der Waals surface area contributed by atoms with E-state index in [1.165, 1.54) is 178 Å². The van der Waals surface area contributed by atoms with Crippen LogP contribution >= 0.6 is 0 Å². The van der Waals surface area contributed by atoms with Crippen molar-refractivity contribution in [3.05, 3.63) is 225 Å². The van der Waals surface area contributed by atoms with Gasteiger partial charge >= 0.3 is 0 Å². The summed E-state index contributed by atoms with van der Waals surface area (Å²) in [6.45, 7) is 52.3. The highest BCUT2D eigenvalue weighted by molar-refractivity contribution is 7.00. The lowest BCUT2D eigenvalue weighted by atomic mass is 9.33. The van der Waals surface area contributed by atoms with Crippen molar-refractivity contribution in [2.24, 2.45) is 0 Å². The molecule has 2 atom stereocenters. The molecule has 0 radical (unpaired) electrons. The maximum absolute atomic E-state index is 2.88. The molecule has 5 heteroatoms. The van der Waals surface area contributed by atoms with Gasteiger partial charge < -0.3 is 19.6 Å². The Balaban J connectivity index is 1.03. The van der Waals surface area contributed by atoms with Crippen molar-refractivity contribution >= 4 is 85.7 Å². The summed E-state index contributed by atoms with van der Waals surface area (Å²) < 4.78 is 0. The first kappa shape index (κ1) is 68.4. The molecular weight excluding hydrogens is 1240 g/mol. The van der Waals surface area contributed by atoms with Gasteiger partial charge in [-0.3, -0.25) is 0 Å². The summed E-state index contributed by atoms with van der Waals surface area (Å²) in [5.41, 5.74) is 34.8. The van der Waals surface area contributed by atoms with E-state index in [1.807, 2.05) is 0 Å². The summed E-state index contributed by atoms with van der Waals surface area (Å²) in [6, 6.07) is 70.2. The second-order valence-corrected chi connectivity index (χ2v) is 40.3. The number of rotatable bonds is 7. The van der Waals surface area contributed by atoms with Crippen LogP contribution in [0, 0.1) is 0 Å². The van der Waals surface area contributed by atoms with Gasteiger partial charge in [0, 0.05) is 67.9 Å². The summed E-state index contributed by atoms with van der Waals surface area (Å²) in [5.74, 6) is 0. The molecule has 103 heavy (non-hydrogen) atoms. The first-order chi connectivity index (χ1) is 48.4. The molecule has 3 heterocycles. The van der Waals surface area contributed by atoms with Gasteiger partial charge in [-0.15, -0.1) is 0 Å². The van der Waals surface area contributed by atoms with E-state index in [0.717, 1.165) is 44.9 Å². The number of hydrogen-bond donors (Lipinski definition) is 0. The second kappa shape index (κ2) is 22.4. The van der Waals surface area contributed by atoms with E-state index in [1.54, 1.807) is 0 Å². The zero-order chi connectivity index (χ0) is 72.7. The summed E-state index contributed by atoms with van der Waals surface area (Å²) in [5, 5.41) is 0. The van der Waals surface area contributed by atoms with E-state index in [4.69, 9.17) is 0 Å². The second-order valence-electron chi connectivity index (χ2n) is 40.3. The minimum Gasteiger partial charge on any atom is -0.334 e. The van der Waals surface area contributed by atoms with Gasteiger partial charge in [-0.1, -0.05) is 236 Å². The van der Waals surface area contributed by atoms with Crippen molar-refractivity contribution in [2.75, 3.05) is 19.6 Å². The SMILES string of the molecule is CC(C)(C)c1ccc(N2c3cc(N(c4ccc5c(c4)C(C)(C)CCC5(C)C)c4ccc5c(c4)C(C)(C)CCC5(C)C)ccc3B3c4cc5c(cc4N(c4ccc6c(c4)C(C)(C)CCC6(C)C)c4cc(N6c7ccccc7C7(C)CCCCC67C)cc2c43)C(C)(C)CCC5(C)C)c(-c2ccccc2)c1. The normalized spacial score (nSPS) is 23.3. The van der Waals surface area contributed by atoms with Gasteiger partial charge in [-0.25, -0.2) is 0 Å². The van der Waals surface area contributed by atoms with Crippen LogP contribution in [0.5, 0.6) is 0 Å². The lowest BCUT2D eigenvalue weighted by molar-refractivity contribution is 0.195. The number of benzene rings is 9. The van der Waals surface area contributed by atoms with Gasteiger partial charge in [-0.2, -0.15) is 0 Å². The first-order valence-electron chi connectivity index (χ1n) is 39.8. The third-order valence-corrected chi connectivity index (χ3v) is 29.0. The highest BCUT2D eigenvalue weighted by Crippen LogP contribution is 2.63. The molecule has 530 valence electrons. The average molecular weight is 1360 g/mol. The van der Waals surface area contributed by atoms with E-state index >= 15 is 0 Å². The minimum atomic E-state index is -0.200. The molecule has 1 fully saturated rings. The Hall–Kier alpha value is -7.76. The molecule has 9 aromatic rings. The van der Waals surface area contributed by atoms with Crippen LogP contribution < -0.4 is 36.0 Å². The van der Waals surface area contributed by atoms with E-state index in [-0.39, 0.29) is 66.4 Å². The molecule has 2 unspecified atom stereocenters. The molecular formula is C98H115BN4. The van der Waals surface area contributed by atoms with E-state index in [9.17, 15) is 0 Å². The van der Waals surface area contributed by atoms with Crippen LogP contribution in [-0.2, 0) is 54.1 Å². The van der Waals surface area contributed by atoms with Crippen molar-refractivity contribution in [2.45, 2.75) is 282 Å². The molecule has 4 nitrogen and oxygen atoms in total. The van der Waals surface area contributed by atoms with Crippen LogP contribution in [0.1, 0.15) is 278 Å². The standard InChI is InChI=1S/C98H115BN4/c1-88(2,3)63-33-42-81(69(53-63)62-29-23-22-24-30-62)102-83-57-67(100(64-34-38-70-74(54-64)92(10,11)48-45-89(70,4)5)65-35-39-71-75(55-65)93(12,13)49-46-90(71,6)7)37-41-79(83)99-80-60-77-78(96(18,19)52-51-95(77,16)17)61-84(80)101(66-36-40-72-76(56-66)94(14,15)50-47-91(72,8)9)85-58-68(59-86(102)87(85)99)103-82-32-26-25-31-73(82)97(20)43-27-28-44-98(97,103)21/h22-26,29-42,53-61H,27-28,43-52H2,1-21H3. The Morgan fingerprint density at radius 1 is 0.320 bits per heavy atom. The molecule has 0 saturated heterocycles. The quantitative estimate of drug-likeness (QED) is 0.147. The Morgan fingerprint density at radius 2 is 0.777 bits per heavy atom. The number of para-hydroxylation sites is 1. The van der Waals surface area contributed by atoms with E-state index in [0.29, 0.717) is 0 Å². The lowest BCUT2D eigenvalue weighted by Gasteiger charge is -2.51. The third-order valence-electron chi connectivity index (χ3n) is 29.0. The number of fused-ring (bicyclic) bond motifs is 11. The molecule has 0 N–H and O–H groups in total. The smallest absolute Gasteiger partial charge is 0.252 e. The molecule has 17 rings (SSSR count). The fourth-order valence-electron chi connectivity index (χ4n) is 21.6. The van der Waals surface area contributed by atoms with Crippen LogP contribution in [0.3, 0.4) is 0 Å². The van der Waals surface area contributed by atoms with Gasteiger partial charge in [0.05, 0.1) is 11.2 Å². The fourth-order valence-corrected chi connectivity index (χ4v) is 21.6. The van der Waals surface area contributed by atoms with Crippen LogP contribution in [0.4, 0.5) is 62.6 Å². The monoisotopic (exact) mass is 1360 g/mol. The first-order valence-corrected chi connectivity index (χ1v) is 39.8. The van der Waals surface area contributed by atoms with Crippen molar-refractivity contribution < 1.29 is 0 Å². The highest BCUT2D eigenvalue weighted by Gasteiger charge is 2.59. The Labute approximate surface area is 620 Å². The maximum Gasteiger partial charge on any atom is 0.252 e. The molecule has 8 aliphatic rings. The summed E-state index contributed by atoms with van der Waals surface area (Å²) in [6.07, 6.45) is 14.0. The summed E-state index contributed by atoms with van der Waals surface area (Å²) in [7, 11) is 0. The van der Waals surface area contributed by atoms with Crippen molar-refractivity contribution in [1.29, 1.82) is 0 Å². The molecule has 1 saturated carbocycles. The number of nitrogens with zero attached hydrogens (tertiary/aromatic N) is 4. The predicted octanol–water partition coefficient (Wildman–Crippen LogP) is 25.3. The molecule has 5 aliphatic carbocycles. The minimum absolute atomic E-state index is 0.00335.